The number of aromatic carboxylic acids is 1. The third-order valence-electron chi connectivity index (χ3n) is 5.69. The zero-order valence-electron chi connectivity index (χ0n) is 32.1. The number of alkyl halides is 24. The van der Waals surface area contributed by atoms with E-state index in [1.165, 1.54) is 0 Å². The molecule has 0 radical (unpaired) electrons. The number of halogens is 24. The molecule has 0 saturated heterocycles. The van der Waals surface area contributed by atoms with Gasteiger partial charge in [-0.2, -0.15) is 114 Å². The average Bonchev–Trinajstić information content (AvgIpc) is 3.10. The van der Waals surface area contributed by atoms with Crippen LogP contribution in [0.15, 0.2) is 36.4 Å². The first-order valence-electron chi connectivity index (χ1n) is 14.3. The van der Waals surface area contributed by atoms with Gasteiger partial charge in [0.15, 0.2) is 19.8 Å². The van der Waals surface area contributed by atoms with Crippen LogP contribution in [0.25, 0.3) is 0 Å². The Balaban J connectivity index is -0.000000276. The van der Waals surface area contributed by atoms with Gasteiger partial charge in [0.1, 0.15) is 22.6 Å². The number of carboxylic acid groups (broad SMARTS) is 1. The summed E-state index contributed by atoms with van der Waals surface area (Å²) in [5, 5.41) is 18.5. The minimum atomic E-state index is -7.64. The van der Waals surface area contributed by atoms with E-state index >= 15 is 0 Å². The molecule has 2 N–H and O–H groups in total. The molecular weight excluding hydrogens is 1080 g/mol. The molecule has 0 aliphatic heterocycles. The molecule has 0 heterocycles. The summed E-state index contributed by atoms with van der Waals surface area (Å²) in [5.74, 6) is -20.6. The maximum atomic E-state index is 12.8. The summed E-state index contributed by atoms with van der Waals surface area (Å²) in [6, 6.07) is 2.42. The van der Waals surface area contributed by atoms with Crippen LogP contribution in [-0.2, 0) is 41.1 Å². The number of carboxylic acids is 1. The summed E-state index contributed by atoms with van der Waals surface area (Å²) in [4.78, 5) is 33.0. The molecule has 2 aromatic rings. The first-order valence-corrected chi connectivity index (χ1v) is 15.7. The molecule has 0 aliphatic carbocycles. The van der Waals surface area contributed by atoms with Gasteiger partial charge >= 0.3 is 179 Å². The SMILES string of the molecule is O=C(O)c1ccc(C(F)(F)F)cc1O.O=C(OCC(F)(F)F)c1ccc(C(F)(F)F)cc1OCC(F)(F)F.O=CO[O-].O=S(=O)(OCC(F)(F)F)C(F)(F)C(F)(F)C(F)(F)C(F)(F)F.[H-].[K+].[K+]. The molecule has 0 bridgehead atoms. The first kappa shape index (κ1) is 70.5. The third kappa shape index (κ3) is 23.0. The van der Waals surface area contributed by atoms with Crippen molar-refractivity contribution < 1.29 is 266 Å². The standard InChI is InChI=1S/C12H7F9O3.C8H5F3O3.C6H2F12O3S.CH2O3.2K.H/c13-10(14,15)4-23-8-3-6(12(19,20)21)1-2-7(8)9(22)24-5-11(16,17)18;9-8(10,11)4-1-2-5(7(13)14)6(12)3-4;7-2(8,9)1-21-22(19,20)6(17,18)4(12,13)3(10,11)5(14,15)16;2-1-4-3;;;/h1-3H,4-5H2;1-3,12H,(H,13,14);1H2;1,3H;;;/q;;;;2*+1;-1/p-1. The molecule has 0 aliphatic rings. The van der Waals surface area contributed by atoms with E-state index < -0.39 is 130 Å². The van der Waals surface area contributed by atoms with Gasteiger partial charge in [0, 0.05) is 0 Å². The maximum absolute atomic E-state index is 12.8. The van der Waals surface area contributed by atoms with E-state index in [2.05, 4.69) is 18.5 Å². The average molecular weight is 1100 g/mol. The van der Waals surface area contributed by atoms with Crippen LogP contribution in [0.4, 0.5) is 105 Å². The Kier molecular flexibility index (Phi) is 28.0. The van der Waals surface area contributed by atoms with Crippen LogP contribution in [0, 0.1) is 0 Å². The van der Waals surface area contributed by atoms with E-state index in [4.69, 9.17) is 20.3 Å². The van der Waals surface area contributed by atoms with Crippen LogP contribution in [0.2, 0.25) is 0 Å². The van der Waals surface area contributed by atoms with E-state index in [0.717, 1.165) is 0 Å². The number of rotatable bonds is 11. The molecular formula is C27H16F24K2O12S. The summed E-state index contributed by atoms with van der Waals surface area (Å²) >= 11 is 0. The van der Waals surface area contributed by atoms with Gasteiger partial charge in [0.25, 0.3) is 6.47 Å². The zero-order chi connectivity index (χ0) is 51.5. The number of carbonyl (C=O) groups excluding carboxylic acids is 2. The zero-order valence-corrected chi connectivity index (χ0v) is 38.2. The van der Waals surface area contributed by atoms with Gasteiger partial charge in [0.05, 0.1) is 11.1 Å². The topological polar surface area (TPSA) is 186 Å². The van der Waals surface area contributed by atoms with Crippen LogP contribution in [-0.4, -0.2) is 98.7 Å². The summed E-state index contributed by atoms with van der Waals surface area (Å²) in [6.07, 6.45) is -32.4. The van der Waals surface area contributed by atoms with Gasteiger partial charge in [-0.3, -0.25) is 8.98 Å². The molecule has 0 unspecified atom stereocenters. The maximum Gasteiger partial charge on any atom is 1.00 e. The fraction of sp³-hybridized carbons (Fsp3) is 0.444. The minimum Gasteiger partial charge on any atom is -1.00 e. The van der Waals surface area contributed by atoms with E-state index in [-0.39, 0.29) is 117 Å². The van der Waals surface area contributed by atoms with Gasteiger partial charge in [-0.1, -0.05) is 0 Å². The van der Waals surface area contributed by atoms with Crippen LogP contribution < -0.4 is 113 Å². The first-order chi connectivity index (χ1) is 28.1. The van der Waals surface area contributed by atoms with E-state index in [1.807, 2.05) is 0 Å². The fourth-order valence-electron chi connectivity index (χ4n) is 3.00. The fourth-order valence-corrected chi connectivity index (χ4v) is 3.88. The summed E-state index contributed by atoms with van der Waals surface area (Å²) in [5.41, 5.74) is -4.10. The van der Waals surface area contributed by atoms with Gasteiger partial charge in [-0.25, -0.2) is 9.59 Å². The van der Waals surface area contributed by atoms with E-state index in [0.29, 0.717) is 30.3 Å². The second-order valence-electron chi connectivity index (χ2n) is 10.5. The van der Waals surface area contributed by atoms with E-state index in [1.54, 1.807) is 0 Å². The predicted octanol–water partition coefficient (Wildman–Crippen LogP) is 2.35. The third-order valence-corrected chi connectivity index (χ3v) is 7.00. The molecule has 66 heavy (non-hydrogen) atoms. The molecule has 0 saturated carbocycles. The van der Waals surface area contributed by atoms with Crippen molar-refractivity contribution in [2.24, 2.45) is 0 Å². The molecule has 0 aromatic heterocycles. The minimum absolute atomic E-state index is 0. The van der Waals surface area contributed by atoms with Crippen molar-refractivity contribution in [2.75, 3.05) is 19.8 Å². The Labute approximate surface area is 434 Å². The molecule has 0 atom stereocenters. The van der Waals surface area contributed by atoms with Crippen LogP contribution in [0.5, 0.6) is 11.5 Å². The Morgan fingerprint density at radius 1 is 0.621 bits per heavy atom. The summed E-state index contributed by atoms with van der Waals surface area (Å²) in [7, 11) is -7.48. The number of hydrogen-bond acceptors (Lipinski definition) is 11. The molecule has 2 rings (SSSR count). The molecule has 372 valence electrons. The largest absolute Gasteiger partial charge is 1.00 e. The monoisotopic (exact) mass is 1100 g/mol. The van der Waals surface area contributed by atoms with Gasteiger partial charge < -0.3 is 31.3 Å². The normalized spacial score (nSPS) is 12.7. The van der Waals surface area contributed by atoms with Crippen LogP contribution in [0.1, 0.15) is 33.3 Å². The number of esters is 1. The number of hydrogen-bond donors (Lipinski definition) is 2. The smallest absolute Gasteiger partial charge is 1.00 e. The predicted molar refractivity (Wildman–Crippen MR) is 149 cm³/mol. The van der Waals surface area contributed by atoms with Crippen molar-refractivity contribution in [1.82, 2.24) is 0 Å². The number of aromatic hydroxyl groups is 1. The van der Waals surface area contributed by atoms with Crippen molar-refractivity contribution in [1.29, 1.82) is 0 Å². The van der Waals surface area contributed by atoms with Crippen LogP contribution in [0.3, 0.4) is 0 Å². The van der Waals surface area contributed by atoms with Crippen molar-refractivity contribution in [2.45, 2.75) is 54.2 Å². The molecule has 0 spiro atoms. The summed E-state index contributed by atoms with van der Waals surface area (Å²) in [6.45, 7) is -7.43. The van der Waals surface area contributed by atoms with Gasteiger partial charge in [0.2, 0.25) is 0 Å². The molecule has 0 fully saturated rings. The molecule has 12 nitrogen and oxygen atoms in total. The molecule has 39 heteroatoms. The van der Waals surface area contributed by atoms with Gasteiger partial charge in [-0.05, 0) is 36.4 Å². The van der Waals surface area contributed by atoms with Crippen LogP contribution >= 0.6 is 0 Å². The Hall–Kier alpha value is -2.09. The summed E-state index contributed by atoms with van der Waals surface area (Å²) < 4.78 is 322. The second kappa shape index (κ2) is 26.2. The van der Waals surface area contributed by atoms with Crippen molar-refractivity contribution in [3.63, 3.8) is 0 Å². The molecule has 0 amide bonds. The molecule has 2 aromatic carbocycles. The quantitative estimate of drug-likeness (QED) is 0.0638. The number of phenols is 1. The Morgan fingerprint density at radius 3 is 1.32 bits per heavy atom. The van der Waals surface area contributed by atoms with Crippen molar-refractivity contribution in [3.05, 3.63) is 58.7 Å². The van der Waals surface area contributed by atoms with Gasteiger partial charge in [-0.15, -0.1) is 0 Å². The number of ether oxygens (including phenoxy) is 2. The number of benzene rings is 2. The number of carbonyl (C=O) groups is 3. The van der Waals surface area contributed by atoms with E-state index in [9.17, 15) is 123 Å². The second-order valence-corrected chi connectivity index (χ2v) is 12.2. The Bertz CT molecular complexity index is 1990. The van der Waals surface area contributed by atoms with Crippen molar-refractivity contribution >= 4 is 28.5 Å². The Morgan fingerprint density at radius 2 is 1.00 bits per heavy atom. The van der Waals surface area contributed by atoms with Crippen molar-refractivity contribution in [3.8, 4) is 11.5 Å².